The van der Waals surface area contributed by atoms with Gasteiger partial charge < -0.3 is 14.5 Å². The van der Waals surface area contributed by atoms with Crippen LogP contribution in [-0.4, -0.2) is 55.0 Å². The molecule has 2 heterocycles. The fourth-order valence-electron chi connectivity index (χ4n) is 3.76. The molecule has 6 nitrogen and oxygen atoms in total. The molecule has 29 heavy (non-hydrogen) atoms. The average molecular weight is 389 g/mol. The van der Waals surface area contributed by atoms with Crippen LogP contribution in [0, 0.1) is 0 Å². The van der Waals surface area contributed by atoms with Crippen molar-refractivity contribution in [2.75, 3.05) is 37.7 Å². The van der Waals surface area contributed by atoms with Crippen molar-refractivity contribution < 1.29 is 14.3 Å². The van der Waals surface area contributed by atoms with Crippen molar-refractivity contribution in [3.05, 3.63) is 60.2 Å². The Hall–Kier alpha value is -3.41. The number of benzene rings is 2. The molecule has 0 spiro atoms. The normalized spacial score (nSPS) is 14.1. The molecule has 2 aromatic carbocycles. The summed E-state index contributed by atoms with van der Waals surface area (Å²) in [4.78, 5) is 32.7. The lowest BCUT2D eigenvalue weighted by Crippen LogP contribution is -2.49. The second kappa shape index (κ2) is 8.31. The smallest absolute Gasteiger partial charge is 0.409 e. The Kier molecular flexibility index (Phi) is 5.42. The van der Waals surface area contributed by atoms with Crippen LogP contribution in [0.5, 0.6) is 0 Å². The van der Waals surface area contributed by atoms with E-state index in [2.05, 4.69) is 4.90 Å². The van der Waals surface area contributed by atoms with Gasteiger partial charge in [0.1, 0.15) is 5.82 Å². The number of hydrogen-bond donors (Lipinski definition) is 0. The summed E-state index contributed by atoms with van der Waals surface area (Å²) in [6, 6.07) is 17.9. The molecular formula is C23H23N3O3. The van der Waals surface area contributed by atoms with Gasteiger partial charge in [0.2, 0.25) is 0 Å². The molecule has 0 atom stereocenters. The summed E-state index contributed by atoms with van der Waals surface area (Å²) in [5.74, 6) is 0.668. The number of anilines is 1. The maximum absolute atomic E-state index is 12.0. The fourth-order valence-corrected chi connectivity index (χ4v) is 3.76. The molecule has 1 aromatic heterocycles. The number of fused-ring (bicyclic) bond motifs is 1. The summed E-state index contributed by atoms with van der Waals surface area (Å²) in [6.07, 6.45) is 0.594. The number of hydrogen-bond acceptors (Lipinski definition) is 5. The minimum atomic E-state index is -0.292. The molecule has 1 saturated heterocycles. The van der Waals surface area contributed by atoms with E-state index in [0.29, 0.717) is 44.2 Å². The minimum Gasteiger partial charge on any atom is -0.450 e. The quantitative estimate of drug-likeness (QED) is 0.632. The Morgan fingerprint density at radius 1 is 1.00 bits per heavy atom. The second-order valence-electron chi connectivity index (χ2n) is 6.90. The highest BCUT2D eigenvalue weighted by Crippen LogP contribution is 2.34. The summed E-state index contributed by atoms with van der Waals surface area (Å²) in [7, 11) is 0. The van der Waals surface area contributed by atoms with Crippen molar-refractivity contribution in [2.24, 2.45) is 0 Å². The van der Waals surface area contributed by atoms with Crippen LogP contribution in [0.4, 0.5) is 10.6 Å². The van der Waals surface area contributed by atoms with Crippen molar-refractivity contribution in [3.8, 4) is 11.3 Å². The predicted octanol–water partition coefficient (Wildman–Crippen LogP) is 3.99. The van der Waals surface area contributed by atoms with E-state index in [1.807, 2.05) is 54.6 Å². The molecule has 0 aliphatic carbocycles. The van der Waals surface area contributed by atoms with Gasteiger partial charge in [-0.05, 0) is 12.3 Å². The van der Waals surface area contributed by atoms with E-state index in [0.717, 1.165) is 28.3 Å². The van der Waals surface area contributed by atoms with E-state index in [-0.39, 0.29) is 6.09 Å². The van der Waals surface area contributed by atoms with Gasteiger partial charge in [-0.25, -0.2) is 9.78 Å². The van der Waals surface area contributed by atoms with Gasteiger partial charge in [0.05, 0.1) is 17.9 Å². The lowest BCUT2D eigenvalue weighted by molar-refractivity contribution is 0.104. The van der Waals surface area contributed by atoms with Crippen molar-refractivity contribution in [1.29, 1.82) is 0 Å². The van der Waals surface area contributed by atoms with E-state index >= 15 is 0 Å². The summed E-state index contributed by atoms with van der Waals surface area (Å²) in [5, 5.41) is 1.84. The van der Waals surface area contributed by atoms with Gasteiger partial charge in [-0.1, -0.05) is 54.6 Å². The Bertz CT molecular complexity index is 1030. The summed E-state index contributed by atoms with van der Waals surface area (Å²) in [5.41, 5.74) is 2.45. The topological polar surface area (TPSA) is 62.7 Å². The van der Waals surface area contributed by atoms with Gasteiger partial charge in [-0.3, -0.25) is 4.79 Å². The molecule has 0 N–H and O–H groups in total. The number of carbonyl (C=O) groups excluding carboxylic acids is 2. The molecule has 0 unspecified atom stereocenters. The molecule has 0 bridgehead atoms. The van der Waals surface area contributed by atoms with Gasteiger partial charge in [-0.15, -0.1) is 0 Å². The zero-order valence-electron chi connectivity index (χ0n) is 16.4. The second-order valence-corrected chi connectivity index (χ2v) is 6.90. The summed E-state index contributed by atoms with van der Waals surface area (Å²) < 4.78 is 5.10. The maximum atomic E-state index is 12.0. The summed E-state index contributed by atoms with van der Waals surface area (Å²) >= 11 is 0. The third kappa shape index (κ3) is 3.66. The molecule has 4 rings (SSSR count). The highest BCUT2D eigenvalue weighted by atomic mass is 16.6. The molecule has 1 fully saturated rings. The van der Waals surface area contributed by atoms with E-state index < -0.39 is 0 Å². The first-order valence-electron chi connectivity index (χ1n) is 9.83. The lowest BCUT2D eigenvalue weighted by atomic mass is 10.00. The molecule has 1 amide bonds. The highest BCUT2D eigenvalue weighted by molar-refractivity contribution is 6.07. The summed E-state index contributed by atoms with van der Waals surface area (Å²) in [6.45, 7) is 4.42. The standard InChI is InChI=1S/C23H23N3O3/c1-2-29-23(28)26-14-12-25(13-15-26)22-20(16-27)18-10-6-7-11-19(18)21(24-22)17-8-4-3-5-9-17/h3-11,16H,2,12-15H2,1H3. The molecule has 3 aromatic rings. The molecular weight excluding hydrogens is 366 g/mol. The zero-order chi connectivity index (χ0) is 20.2. The van der Waals surface area contributed by atoms with Gasteiger partial charge in [0.25, 0.3) is 0 Å². The number of pyridine rings is 1. The Morgan fingerprint density at radius 2 is 1.66 bits per heavy atom. The fraction of sp³-hybridized carbons (Fsp3) is 0.261. The van der Waals surface area contributed by atoms with Crippen molar-refractivity contribution >= 4 is 29.0 Å². The number of rotatable bonds is 4. The third-order valence-electron chi connectivity index (χ3n) is 5.20. The van der Waals surface area contributed by atoms with Gasteiger partial charge in [0.15, 0.2) is 6.29 Å². The van der Waals surface area contributed by atoms with Crippen LogP contribution < -0.4 is 4.90 Å². The van der Waals surface area contributed by atoms with Crippen LogP contribution in [0.1, 0.15) is 17.3 Å². The third-order valence-corrected chi connectivity index (χ3v) is 5.20. The van der Waals surface area contributed by atoms with Crippen LogP contribution >= 0.6 is 0 Å². The first-order chi connectivity index (χ1) is 14.2. The number of nitrogens with zero attached hydrogens (tertiary/aromatic N) is 3. The Labute approximate surface area is 169 Å². The number of amides is 1. The van der Waals surface area contributed by atoms with Crippen molar-refractivity contribution in [1.82, 2.24) is 9.88 Å². The Morgan fingerprint density at radius 3 is 2.31 bits per heavy atom. The first-order valence-corrected chi connectivity index (χ1v) is 9.83. The van der Waals surface area contributed by atoms with E-state index in [4.69, 9.17) is 9.72 Å². The maximum Gasteiger partial charge on any atom is 0.409 e. The van der Waals surface area contributed by atoms with Gasteiger partial charge in [-0.2, -0.15) is 0 Å². The molecule has 6 heteroatoms. The van der Waals surface area contributed by atoms with E-state index in [1.54, 1.807) is 11.8 Å². The SMILES string of the molecule is CCOC(=O)N1CCN(c2nc(-c3ccccc3)c3ccccc3c2C=O)CC1. The highest BCUT2D eigenvalue weighted by Gasteiger charge is 2.26. The predicted molar refractivity (Wildman–Crippen MR) is 113 cm³/mol. The largest absolute Gasteiger partial charge is 0.450 e. The van der Waals surface area contributed by atoms with Crippen LogP contribution in [0.25, 0.3) is 22.0 Å². The van der Waals surface area contributed by atoms with Gasteiger partial charge >= 0.3 is 6.09 Å². The zero-order valence-corrected chi connectivity index (χ0v) is 16.4. The Balaban J connectivity index is 1.75. The van der Waals surface area contributed by atoms with E-state index in [1.165, 1.54) is 0 Å². The minimum absolute atomic E-state index is 0.292. The van der Waals surface area contributed by atoms with Crippen molar-refractivity contribution in [2.45, 2.75) is 6.92 Å². The average Bonchev–Trinajstić information content (AvgIpc) is 2.79. The number of aromatic nitrogens is 1. The lowest BCUT2D eigenvalue weighted by Gasteiger charge is -2.35. The first kappa shape index (κ1) is 18.9. The number of aldehydes is 1. The van der Waals surface area contributed by atoms with Crippen LogP contribution in [0.15, 0.2) is 54.6 Å². The van der Waals surface area contributed by atoms with Crippen LogP contribution in [-0.2, 0) is 4.74 Å². The van der Waals surface area contributed by atoms with Crippen LogP contribution in [0.3, 0.4) is 0 Å². The van der Waals surface area contributed by atoms with Crippen molar-refractivity contribution in [3.63, 3.8) is 0 Å². The van der Waals surface area contributed by atoms with E-state index in [9.17, 15) is 9.59 Å². The molecule has 0 radical (unpaired) electrons. The molecule has 1 aliphatic rings. The molecule has 1 aliphatic heterocycles. The van der Waals surface area contributed by atoms with Crippen LogP contribution in [0.2, 0.25) is 0 Å². The monoisotopic (exact) mass is 389 g/mol. The number of piperazine rings is 1. The van der Waals surface area contributed by atoms with Gasteiger partial charge in [0, 0.05) is 37.1 Å². The number of ether oxygens (including phenoxy) is 1. The molecule has 148 valence electrons. The number of carbonyl (C=O) groups is 2. The molecule has 0 saturated carbocycles.